The van der Waals surface area contributed by atoms with Gasteiger partial charge in [-0.05, 0) is 18.2 Å². The Morgan fingerprint density at radius 1 is 1.05 bits per heavy atom. The van der Waals surface area contributed by atoms with Gasteiger partial charge in [0.05, 0.1) is 23.4 Å². The van der Waals surface area contributed by atoms with Gasteiger partial charge < -0.3 is 4.74 Å². The van der Waals surface area contributed by atoms with Crippen molar-refractivity contribution in [1.82, 2.24) is 0 Å². The molecule has 0 fully saturated rings. The third-order valence-electron chi connectivity index (χ3n) is 3.27. The van der Waals surface area contributed by atoms with Crippen molar-refractivity contribution in [3.8, 4) is 5.75 Å². The first-order chi connectivity index (χ1) is 9.57. The molecule has 0 bridgehead atoms. The van der Waals surface area contributed by atoms with Crippen molar-refractivity contribution in [2.24, 2.45) is 0 Å². The number of hydrogen-bond donors (Lipinski definition) is 0. The van der Waals surface area contributed by atoms with E-state index in [1.807, 2.05) is 0 Å². The second kappa shape index (κ2) is 4.38. The lowest BCUT2D eigenvalue weighted by atomic mass is 10.1. The molecule has 0 aromatic heterocycles. The lowest BCUT2D eigenvalue weighted by Crippen LogP contribution is -2.23. The van der Waals surface area contributed by atoms with E-state index in [1.165, 1.54) is 11.4 Å². The molecule has 0 saturated heterocycles. The molecule has 5 heteroatoms. The van der Waals surface area contributed by atoms with Crippen LogP contribution in [0.4, 0.5) is 5.69 Å². The fraction of sp³-hybridized carbons (Fsp3) is 0.0667. The first-order valence-corrected chi connectivity index (χ1v) is 7.48. The second-order valence-electron chi connectivity index (χ2n) is 4.38. The van der Waals surface area contributed by atoms with Gasteiger partial charge in [0, 0.05) is 5.56 Å². The maximum absolute atomic E-state index is 12.7. The number of sulfonamides is 1. The highest BCUT2D eigenvalue weighted by Crippen LogP contribution is 2.44. The second-order valence-corrected chi connectivity index (χ2v) is 6.14. The molecule has 1 aliphatic heterocycles. The topological polar surface area (TPSA) is 46.6 Å². The van der Waals surface area contributed by atoms with Gasteiger partial charge in [-0.3, -0.25) is 0 Å². The van der Waals surface area contributed by atoms with Gasteiger partial charge in [-0.2, -0.15) is 0 Å². The maximum atomic E-state index is 12.7. The minimum atomic E-state index is -3.63. The van der Waals surface area contributed by atoms with Crippen LogP contribution in [-0.4, -0.2) is 15.5 Å². The summed E-state index contributed by atoms with van der Waals surface area (Å²) < 4.78 is 31.8. The number of fused-ring (bicyclic) bond motifs is 1. The molecule has 0 radical (unpaired) electrons. The Morgan fingerprint density at radius 3 is 2.40 bits per heavy atom. The van der Waals surface area contributed by atoms with Crippen LogP contribution in [0.5, 0.6) is 5.75 Å². The first kappa shape index (κ1) is 12.7. The van der Waals surface area contributed by atoms with E-state index in [4.69, 9.17) is 4.74 Å². The van der Waals surface area contributed by atoms with Crippen molar-refractivity contribution in [2.75, 3.05) is 11.4 Å². The largest absolute Gasteiger partial charge is 0.495 e. The van der Waals surface area contributed by atoms with Crippen LogP contribution in [-0.2, 0) is 10.0 Å². The molecule has 2 aromatic rings. The number of nitrogens with zero attached hydrogens (tertiary/aromatic N) is 1. The zero-order valence-corrected chi connectivity index (χ0v) is 11.7. The Hall–Kier alpha value is -2.27. The normalized spacial score (nSPS) is 16.1. The Morgan fingerprint density at radius 2 is 1.70 bits per heavy atom. The van der Waals surface area contributed by atoms with Gasteiger partial charge in [0.25, 0.3) is 10.0 Å². The smallest absolute Gasteiger partial charge is 0.269 e. The zero-order chi connectivity index (χ0) is 14.3. The van der Waals surface area contributed by atoms with Crippen molar-refractivity contribution in [2.45, 2.75) is 4.90 Å². The Balaban J connectivity index is 2.25. The summed E-state index contributed by atoms with van der Waals surface area (Å²) in [6.07, 6.45) is 0. The monoisotopic (exact) mass is 287 g/mol. The average Bonchev–Trinajstić information content (AvgIpc) is 2.67. The Labute approximate surface area is 118 Å². The highest BCUT2D eigenvalue weighted by Gasteiger charge is 2.38. The van der Waals surface area contributed by atoms with Gasteiger partial charge in [0.15, 0.2) is 0 Å². The van der Waals surface area contributed by atoms with Crippen LogP contribution in [0.25, 0.3) is 5.70 Å². The zero-order valence-electron chi connectivity index (χ0n) is 10.9. The number of anilines is 1. The molecule has 20 heavy (non-hydrogen) atoms. The van der Waals surface area contributed by atoms with Gasteiger partial charge in [-0.15, -0.1) is 0 Å². The van der Waals surface area contributed by atoms with Crippen LogP contribution in [0.2, 0.25) is 0 Å². The van der Waals surface area contributed by atoms with Crippen LogP contribution < -0.4 is 9.04 Å². The van der Waals surface area contributed by atoms with Gasteiger partial charge in [0.2, 0.25) is 0 Å². The summed E-state index contributed by atoms with van der Waals surface area (Å²) in [5.41, 5.74) is 1.53. The van der Waals surface area contributed by atoms with Crippen LogP contribution in [0.3, 0.4) is 0 Å². The van der Waals surface area contributed by atoms with Crippen LogP contribution in [0.1, 0.15) is 5.56 Å². The minimum absolute atomic E-state index is 0.274. The molecule has 4 nitrogen and oxygen atoms in total. The number of ether oxygens (including phenoxy) is 1. The van der Waals surface area contributed by atoms with Gasteiger partial charge >= 0.3 is 0 Å². The van der Waals surface area contributed by atoms with Gasteiger partial charge in [-0.25, -0.2) is 12.7 Å². The first-order valence-electron chi connectivity index (χ1n) is 6.04. The Bertz CT molecular complexity index is 796. The molecule has 0 unspecified atom stereocenters. The molecule has 102 valence electrons. The molecule has 3 rings (SSSR count). The van der Waals surface area contributed by atoms with Crippen molar-refractivity contribution < 1.29 is 13.2 Å². The predicted molar refractivity (Wildman–Crippen MR) is 78.1 cm³/mol. The van der Waals surface area contributed by atoms with Crippen molar-refractivity contribution in [1.29, 1.82) is 0 Å². The molecule has 1 aliphatic rings. The summed E-state index contributed by atoms with van der Waals surface area (Å²) in [6, 6.07) is 13.8. The highest BCUT2D eigenvalue weighted by molar-refractivity contribution is 7.93. The molecule has 0 spiro atoms. The van der Waals surface area contributed by atoms with Crippen LogP contribution >= 0.6 is 0 Å². The van der Waals surface area contributed by atoms with E-state index < -0.39 is 10.0 Å². The lowest BCUT2D eigenvalue weighted by Gasteiger charge is -2.20. The quantitative estimate of drug-likeness (QED) is 0.853. The van der Waals surface area contributed by atoms with Gasteiger partial charge in [-0.1, -0.05) is 36.9 Å². The molecule has 0 saturated carbocycles. The van der Waals surface area contributed by atoms with Crippen molar-refractivity contribution >= 4 is 21.4 Å². The summed E-state index contributed by atoms with van der Waals surface area (Å²) >= 11 is 0. The number of para-hydroxylation sites is 2. The van der Waals surface area contributed by atoms with Crippen molar-refractivity contribution in [3.05, 3.63) is 60.7 Å². The van der Waals surface area contributed by atoms with E-state index in [-0.39, 0.29) is 4.90 Å². The molecular weight excluding hydrogens is 274 g/mol. The standard InChI is InChI=1S/C15H13NO3S/c1-11-12-7-3-6-10-15(12)20(17,18)16(11)13-8-4-5-9-14(13)19-2/h3-10H,1H2,2H3. The van der Waals surface area contributed by atoms with Crippen molar-refractivity contribution in [3.63, 3.8) is 0 Å². The van der Waals surface area contributed by atoms with E-state index in [0.717, 1.165) is 0 Å². The van der Waals surface area contributed by atoms with Crippen LogP contribution in [0.15, 0.2) is 60.0 Å². The van der Waals surface area contributed by atoms with Crippen LogP contribution in [0, 0.1) is 0 Å². The fourth-order valence-electron chi connectivity index (χ4n) is 2.36. The lowest BCUT2D eigenvalue weighted by molar-refractivity contribution is 0.416. The van der Waals surface area contributed by atoms with E-state index in [2.05, 4.69) is 6.58 Å². The summed E-state index contributed by atoms with van der Waals surface area (Å²) in [6.45, 7) is 3.92. The molecule has 2 aromatic carbocycles. The number of benzene rings is 2. The van der Waals surface area contributed by atoms with E-state index >= 15 is 0 Å². The molecule has 0 atom stereocenters. The number of rotatable bonds is 2. The number of hydrogen-bond acceptors (Lipinski definition) is 3. The molecule has 0 aliphatic carbocycles. The summed E-state index contributed by atoms with van der Waals surface area (Å²) in [7, 11) is -2.12. The summed E-state index contributed by atoms with van der Waals surface area (Å²) in [4.78, 5) is 0.274. The molecule has 1 heterocycles. The average molecular weight is 287 g/mol. The fourth-order valence-corrected chi connectivity index (χ4v) is 4.06. The Kier molecular flexibility index (Phi) is 2.79. The summed E-state index contributed by atoms with van der Waals surface area (Å²) in [5, 5.41) is 0. The molecular formula is C15H13NO3S. The minimum Gasteiger partial charge on any atom is -0.495 e. The van der Waals surface area contributed by atoms with E-state index in [0.29, 0.717) is 22.7 Å². The predicted octanol–water partition coefficient (Wildman–Crippen LogP) is 2.87. The van der Waals surface area contributed by atoms with E-state index in [9.17, 15) is 8.42 Å². The summed E-state index contributed by atoms with van der Waals surface area (Å²) in [5.74, 6) is 0.491. The third-order valence-corrected chi connectivity index (χ3v) is 5.07. The molecule has 0 amide bonds. The molecule has 0 N–H and O–H groups in total. The number of methoxy groups -OCH3 is 1. The third kappa shape index (κ3) is 1.63. The SMILES string of the molecule is C=C1c2ccccc2S(=O)(=O)N1c1ccccc1OC. The van der Waals surface area contributed by atoms with E-state index in [1.54, 1.807) is 48.5 Å². The highest BCUT2D eigenvalue weighted by atomic mass is 32.2. The van der Waals surface area contributed by atoms with Gasteiger partial charge in [0.1, 0.15) is 5.75 Å². The maximum Gasteiger partial charge on any atom is 0.269 e.